The van der Waals surface area contributed by atoms with Crippen LogP contribution in [0.2, 0.25) is 0 Å². The maximum Gasteiger partial charge on any atom is 0.307 e. The molecule has 200 valence electrons. The summed E-state index contributed by atoms with van der Waals surface area (Å²) < 4.78 is 6.11. The van der Waals surface area contributed by atoms with E-state index in [1.807, 2.05) is 43.3 Å². The van der Waals surface area contributed by atoms with Crippen LogP contribution in [0.3, 0.4) is 0 Å². The number of Topliss-reactive ketones (excluding diaryl/α,β-unsaturated/α-hetero) is 1. The monoisotopic (exact) mass is 526 g/mol. The number of aliphatic hydroxyl groups is 2. The van der Waals surface area contributed by atoms with Crippen LogP contribution < -0.4 is 0 Å². The molecular formula is C30H38O6S. The fraction of sp³-hybridized carbons (Fsp3) is 0.633. The van der Waals surface area contributed by atoms with Crippen molar-refractivity contribution in [3.8, 4) is 0 Å². The van der Waals surface area contributed by atoms with Gasteiger partial charge in [-0.1, -0.05) is 37.6 Å². The predicted molar refractivity (Wildman–Crippen MR) is 141 cm³/mol. The Hall–Kier alpha value is -1.96. The van der Waals surface area contributed by atoms with Crippen molar-refractivity contribution in [3.63, 3.8) is 0 Å². The highest BCUT2D eigenvalue weighted by Crippen LogP contribution is 2.68. The van der Waals surface area contributed by atoms with E-state index < -0.39 is 35.5 Å². The second-order valence-corrected chi connectivity index (χ2v) is 13.1. The Bertz CT molecular complexity index is 1100. The Morgan fingerprint density at radius 2 is 1.86 bits per heavy atom. The summed E-state index contributed by atoms with van der Waals surface area (Å²) in [5, 5.41) is 21.6. The van der Waals surface area contributed by atoms with E-state index in [4.69, 9.17) is 4.74 Å². The van der Waals surface area contributed by atoms with Gasteiger partial charge >= 0.3 is 5.97 Å². The van der Waals surface area contributed by atoms with Crippen LogP contribution in [0, 0.1) is 28.6 Å². The third kappa shape index (κ3) is 4.31. The highest BCUT2D eigenvalue weighted by atomic mass is 32.2. The number of rotatable bonds is 7. The second-order valence-electron chi connectivity index (χ2n) is 11.9. The minimum atomic E-state index is -1.42. The Labute approximate surface area is 223 Å². The van der Waals surface area contributed by atoms with Gasteiger partial charge in [0, 0.05) is 22.5 Å². The van der Waals surface area contributed by atoms with Crippen LogP contribution >= 0.6 is 11.8 Å². The zero-order valence-electron chi connectivity index (χ0n) is 21.8. The van der Waals surface area contributed by atoms with E-state index >= 15 is 0 Å². The SMILES string of the molecule is C[C@]12CCC(=O)C=C1CC[C@@H]1[C@@H]2[C@@H](O)C[C@@]2(C)[C@H]1CC[C@]2(OC(=O)CCSc1ccccc1)C(=O)CO. The molecule has 5 rings (SSSR count). The van der Waals surface area contributed by atoms with Crippen molar-refractivity contribution in [1.82, 2.24) is 0 Å². The first-order valence-electron chi connectivity index (χ1n) is 13.6. The Morgan fingerprint density at radius 3 is 2.59 bits per heavy atom. The molecule has 0 aliphatic heterocycles. The molecule has 0 unspecified atom stereocenters. The quantitative estimate of drug-likeness (QED) is 0.398. The van der Waals surface area contributed by atoms with Crippen LogP contribution in [0.5, 0.6) is 0 Å². The van der Waals surface area contributed by atoms with Crippen LogP contribution in [0.4, 0.5) is 0 Å². The normalized spacial score (nSPS) is 38.7. The number of allylic oxidation sites excluding steroid dienone is 1. The van der Waals surface area contributed by atoms with Gasteiger partial charge in [0.2, 0.25) is 5.78 Å². The van der Waals surface area contributed by atoms with Gasteiger partial charge in [0.15, 0.2) is 11.4 Å². The number of esters is 1. The van der Waals surface area contributed by atoms with Crippen molar-refractivity contribution in [2.45, 2.75) is 81.8 Å². The molecule has 7 heteroatoms. The summed E-state index contributed by atoms with van der Waals surface area (Å²) in [6.07, 6.45) is 5.64. The Kier molecular flexibility index (Phi) is 7.18. The summed E-state index contributed by atoms with van der Waals surface area (Å²) in [7, 11) is 0. The minimum absolute atomic E-state index is 0.0108. The third-order valence-electron chi connectivity index (χ3n) is 10.2. The molecule has 7 atom stereocenters. The molecular weight excluding hydrogens is 488 g/mol. The lowest BCUT2D eigenvalue weighted by molar-refractivity contribution is -0.202. The van der Waals surface area contributed by atoms with Crippen molar-refractivity contribution in [1.29, 1.82) is 0 Å². The van der Waals surface area contributed by atoms with Gasteiger partial charge in [0.05, 0.1) is 12.5 Å². The van der Waals surface area contributed by atoms with E-state index in [1.165, 1.54) is 0 Å². The van der Waals surface area contributed by atoms with Gasteiger partial charge in [0.1, 0.15) is 6.61 Å². The summed E-state index contributed by atoms with van der Waals surface area (Å²) >= 11 is 1.56. The Balaban J connectivity index is 1.38. The zero-order valence-corrected chi connectivity index (χ0v) is 22.6. The lowest BCUT2D eigenvalue weighted by atomic mass is 9.45. The minimum Gasteiger partial charge on any atom is -0.450 e. The molecule has 6 nitrogen and oxygen atoms in total. The number of hydrogen-bond donors (Lipinski definition) is 2. The largest absolute Gasteiger partial charge is 0.450 e. The number of ketones is 2. The molecule has 3 saturated carbocycles. The van der Waals surface area contributed by atoms with E-state index in [-0.39, 0.29) is 35.4 Å². The van der Waals surface area contributed by atoms with Gasteiger partial charge in [-0.15, -0.1) is 11.8 Å². The fourth-order valence-electron chi connectivity index (χ4n) is 8.50. The lowest BCUT2D eigenvalue weighted by Gasteiger charge is -2.60. The van der Waals surface area contributed by atoms with Crippen molar-refractivity contribution < 1.29 is 29.3 Å². The second kappa shape index (κ2) is 9.97. The number of ether oxygens (including phenoxy) is 1. The van der Waals surface area contributed by atoms with Crippen molar-refractivity contribution >= 4 is 29.3 Å². The lowest BCUT2D eigenvalue weighted by Crippen LogP contribution is -2.63. The summed E-state index contributed by atoms with van der Waals surface area (Å²) in [6, 6.07) is 9.82. The zero-order chi connectivity index (χ0) is 26.4. The summed E-state index contributed by atoms with van der Waals surface area (Å²) in [4.78, 5) is 39.7. The van der Waals surface area contributed by atoms with Crippen LogP contribution in [0.15, 0.2) is 46.9 Å². The molecule has 0 bridgehead atoms. The topological polar surface area (TPSA) is 101 Å². The van der Waals surface area contributed by atoms with Crippen LogP contribution in [0.25, 0.3) is 0 Å². The number of fused-ring (bicyclic) bond motifs is 5. The maximum atomic E-state index is 13.4. The van der Waals surface area contributed by atoms with Crippen molar-refractivity contribution in [2.24, 2.45) is 28.6 Å². The molecule has 0 saturated heterocycles. The van der Waals surface area contributed by atoms with E-state index in [0.29, 0.717) is 25.0 Å². The predicted octanol–water partition coefficient (Wildman–Crippen LogP) is 4.51. The first-order valence-corrected chi connectivity index (χ1v) is 14.6. The average molecular weight is 527 g/mol. The van der Waals surface area contributed by atoms with E-state index in [2.05, 4.69) is 6.92 Å². The summed E-state index contributed by atoms with van der Waals surface area (Å²) in [5.41, 5.74) is -1.25. The number of carbonyl (C=O) groups is 3. The number of hydrogen-bond acceptors (Lipinski definition) is 7. The molecule has 4 aliphatic rings. The molecule has 1 aromatic carbocycles. The molecule has 0 heterocycles. The first kappa shape index (κ1) is 26.6. The van der Waals surface area contributed by atoms with Crippen LogP contribution in [-0.2, 0) is 19.1 Å². The number of aliphatic hydroxyl groups excluding tert-OH is 2. The van der Waals surface area contributed by atoms with Gasteiger partial charge < -0.3 is 14.9 Å². The van der Waals surface area contributed by atoms with E-state index in [0.717, 1.165) is 36.2 Å². The molecule has 3 fully saturated rings. The fourth-order valence-corrected chi connectivity index (χ4v) is 9.35. The molecule has 1 aromatic rings. The molecule has 0 spiro atoms. The maximum absolute atomic E-state index is 13.4. The standard InChI is InChI=1S/C30H38O6S/c1-28-13-10-20(32)16-19(28)8-9-22-23-11-14-30(25(34)18-31,29(23,2)17-24(33)27(22)28)36-26(35)12-15-37-21-6-4-3-5-7-21/h3-7,16,22-24,27,31,33H,8-15,17-18H2,1-2H3/t22-,23-,24-,27+,28-,29-,30-/m0/s1. The van der Waals surface area contributed by atoms with Crippen molar-refractivity contribution in [2.75, 3.05) is 12.4 Å². The Morgan fingerprint density at radius 1 is 1.11 bits per heavy atom. The highest BCUT2D eigenvalue weighted by Gasteiger charge is 2.70. The van der Waals surface area contributed by atoms with E-state index in [9.17, 15) is 24.6 Å². The molecule has 4 aliphatic carbocycles. The van der Waals surface area contributed by atoms with Gasteiger partial charge in [-0.25, -0.2) is 0 Å². The number of carbonyl (C=O) groups excluding carboxylic acids is 3. The van der Waals surface area contributed by atoms with Crippen molar-refractivity contribution in [3.05, 3.63) is 42.0 Å². The van der Waals surface area contributed by atoms with E-state index in [1.54, 1.807) is 11.8 Å². The smallest absolute Gasteiger partial charge is 0.307 e. The highest BCUT2D eigenvalue weighted by molar-refractivity contribution is 7.99. The molecule has 0 aromatic heterocycles. The van der Waals surface area contributed by atoms with Gasteiger partial charge in [-0.3, -0.25) is 14.4 Å². The molecule has 0 radical (unpaired) electrons. The molecule has 37 heavy (non-hydrogen) atoms. The summed E-state index contributed by atoms with van der Waals surface area (Å²) in [6.45, 7) is 3.49. The van der Waals surface area contributed by atoms with Crippen LogP contribution in [-0.4, -0.2) is 51.8 Å². The van der Waals surface area contributed by atoms with Gasteiger partial charge in [0.25, 0.3) is 0 Å². The number of thioether (sulfide) groups is 1. The first-order chi connectivity index (χ1) is 17.6. The van der Waals surface area contributed by atoms with Gasteiger partial charge in [-0.2, -0.15) is 0 Å². The molecule has 0 amide bonds. The van der Waals surface area contributed by atoms with Crippen LogP contribution in [0.1, 0.15) is 65.2 Å². The molecule has 2 N–H and O–H groups in total. The summed E-state index contributed by atoms with van der Waals surface area (Å²) in [5.74, 6) is 0.0898. The number of benzene rings is 1. The van der Waals surface area contributed by atoms with Gasteiger partial charge in [-0.05, 0) is 79.9 Å². The third-order valence-corrected chi connectivity index (χ3v) is 11.2. The average Bonchev–Trinajstić information content (AvgIpc) is 3.16.